The van der Waals surface area contributed by atoms with E-state index in [1.54, 1.807) is 6.92 Å². The third-order valence-electron chi connectivity index (χ3n) is 3.67. The lowest BCUT2D eigenvalue weighted by Crippen LogP contribution is -2.17. The van der Waals surface area contributed by atoms with E-state index in [2.05, 4.69) is 10.2 Å². The van der Waals surface area contributed by atoms with Crippen molar-refractivity contribution in [3.63, 3.8) is 0 Å². The number of benzene rings is 1. The first-order valence-corrected chi connectivity index (χ1v) is 6.29. The number of carbonyl (C=O) groups is 1. The van der Waals surface area contributed by atoms with Crippen molar-refractivity contribution < 1.29 is 18.0 Å². The van der Waals surface area contributed by atoms with Crippen LogP contribution in [0.5, 0.6) is 0 Å². The van der Waals surface area contributed by atoms with Crippen LogP contribution in [0.3, 0.4) is 0 Å². The summed E-state index contributed by atoms with van der Waals surface area (Å²) in [6, 6.07) is 2.59. The topological polar surface area (TPSA) is 49.0 Å². The van der Waals surface area contributed by atoms with Crippen LogP contribution >= 0.6 is 0 Å². The Balaban J connectivity index is 2.27. The van der Waals surface area contributed by atoms with Crippen molar-refractivity contribution in [3.8, 4) is 11.1 Å². The molecule has 0 atom stereocenters. The Morgan fingerprint density at radius 3 is 2.57 bits per heavy atom. The van der Waals surface area contributed by atoms with Crippen molar-refractivity contribution >= 4 is 5.91 Å². The Bertz CT molecular complexity index is 734. The largest absolute Gasteiger partial charge is 0.416 e. The molecule has 1 N–H and O–H groups in total. The minimum atomic E-state index is -4.50. The number of aromatic amines is 1. The Kier molecular flexibility index (Phi) is 2.82. The maximum absolute atomic E-state index is 13.3. The summed E-state index contributed by atoms with van der Waals surface area (Å²) in [5.41, 5.74) is 0.958. The summed E-state index contributed by atoms with van der Waals surface area (Å²) in [4.78, 5) is 13.3. The predicted octanol–water partition coefficient (Wildman–Crippen LogP) is 2.99. The fourth-order valence-corrected chi connectivity index (χ4v) is 2.60. The zero-order chi connectivity index (χ0) is 15.4. The van der Waals surface area contributed by atoms with Crippen LogP contribution < -0.4 is 0 Å². The van der Waals surface area contributed by atoms with Crippen LogP contribution in [0.2, 0.25) is 0 Å². The van der Waals surface area contributed by atoms with E-state index in [0.717, 1.165) is 6.07 Å². The van der Waals surface area contributed by atoms with Gasteiger partial charge in [-0.2, -0.15) is 18.3 Å². The van der Waals surface area contributed by atoms with Crippen LogP contribution in [0.1, 0.15) is 27.2 Å². The maximum Gasteiger partial charge on any atom is 0.416 e. The Hall–Kier alpha value is -2.31. The van der Waals surface area contributed by atoms with E-state index in [1.165, 1.54) is 24.2 Å². The summed E-state index contributed by atoms with van der Waals surface area (Å²) < 4.78 is 39.8. The van der Waals surface area contributed by atoms with Gasteiger partial charge in [0.15, 0.2) is 0 Å². The molecule has 0 unspecified atom stereocenters. The van der Waals surface area contributed by atoms with E-state index in [-0.39, 0.29) is 17.7 Å². The molecule has 0 fully saturated rings. The number of alkyl halides is 3. The lowest BCUT2D eigenvalue weighted by Gasteiger charge is -2.13. The molecule has 2 aromatic rings. The molecule has 0 aliphatic carbocycles. The second-order valence-corrected chi connectivity index (χ2v) is 5.12. The van der Waals surface area contributed by atoms with Crippen molar-refractivity contribution in [3.05, 3.63) is 40.7 Å². The van der Waals surface area contributed by atoms with Gasteiger partial charge in [-0.3, -0.25) is 9.89 Å². The standard InChI is InChI=1S/C14H12F3N3O/c1-7-10(5-18-19-7)8-3-9-11(6-20(2)13(9)21)12(4-8)14(15,16)17/h3-5H,6H2,1-2H3,(H,18,19). The average molecular weight is 295 g/mol. The monoisotopic (exact) mass is 295 g/mol. The molecule has 1 aliphatic heterocycles. The number of H-pyrrole nitrogens is 1. The van der Waals surface area contributed by atoms with Gasteiger partial charge in [-0.25, -0.2) is 0 Å². The van der Waals surface area contributed by atoms with Crippen molar-refractivity contribution in [2.45, 2.75) is 19.6 Å². The number of aromatic nitrogens is 2. The van der Waals surface area contributed by atoms with Gasteiger partial charge in [-0.1, -0.05) is 0 Å². The molecular weight excluding hydrogens is 283 g/mol. The third kappa shape index (κ3) is 2.09. The first-order chi connectivity index (χ1) is 9.79. The highest BCUT2D eigenvalue weighted by Crippen LogP contribution is 2.40. The highest BCUT2D eigenvalue weighted by Gasteiger charge is 2.39. The van der Waals surface area contributed by atoms with Gasteiger partial charge >= 0.3 is 6.18 Å². The zero-order valence-electron chi connectivity index (χ0n) is 11.4. The van der Waals surface area contributed by atoms with E-state index < -0.39 is 17.6 Å². The highest BCUT2D eigenvalue weighted by molar-refractivity contribution is 6.00. The fourth-order valence-electron chi connectivity index (χ4n) is 2.60. The van der Waals surface area contributed by atoms with Crippen molar-refractivity contribution in [1.29, 1.82) is 0 Å². The molecule has 7 heteroatoms. The molecule has 1 aromatic heterocycles. The highest BCUT2D eigenvalue weighted by atomic mass is 19.4. The second kappa shape index (κ2) is 4.34. The Morgan fingerprint density at radius 1 is 1.29 bits per heavy atom. The molecule has 0 saturated carbocycles. The number of nitrogens with one attached hydrogen (secondary N) is 1. The second-order valence-electron chi connectivity index (χ2n) is 5.12. The van der Waals surface area contributed by atoms with E-state index in [1.807, 2.05) is 0 Å². The average Bonchev–Trinajstić information content (AvgIpc) is 2.93. The maximum atomic E-state index is 13.3. The van der Waals surface area contributed by atoms with Crippen LogP contribution in [0.15, 0.2) is 18.3 Å². The normalized spacial score (nSPS) is 14.7. The summed E-state index contributed by atoms with van der Waals surface area (Å²) in [5.74, 6) is -0.390. The van der Waals surface area contributed by atoms with Gasteiger partial charge in [0.05, 0.1) is 11.8 Å². The van der Waals surface area contributed by atoms with Crippen LogP contribution in [0.25, 0.3) is 11.1 Å². The predicted molar refractivity (Wildman–Crippen MR) is 69.6 cm³/mol. The van der Waals surface area contributed by atoms with E-state index >= 15 is 0 Å². The number of aryl methyl sites for hydroxylation is 1. The van der Waals surface area contributed by atoms with Gasteiger partial charge in [0, 0.05) is 30.4 Å². The minimum Gasteiger partial charge on any atom is -0.337 e. The van der Waals surface area contributed by atoms with Crippen molar-refractivity contribution in [2.75, 3.05) is 7.05 Å². The first kappa shape index (κ1) is 13.7. The molecule has 4 nitrogen and oxygen atoms in total. The van der Waals surface area contributed by atoms with Crippen LogP contribution in [0, 0.1) is 6.92 Å². The SMILES string of the molecule is Cc1[nH]ncc1-c1cc2c(c(C(F)(F)F)c1)CN(C)C2=O. The molecule has 1 aliphatic rings. The van der Waals surface area contributed by atoms with Gasteiger partial charge in [0.2, 0.25) is 0 Å². The van der Waals surface area contributed by atoms with Crippen LogP contribution in [0.4, 0.5) is 13.2 Å². The molecule has 21 heavy (non-hydrogen) atoms. The molecule has 0 radical (unpaired) electrons. The summed E-state index contributed by atoms with van der Waals surface area (Å²) in [6.07, 6.45) is -3.04. The number of hydrogen-bond acceptors (Lipinski definition) is 2. The van der Waals surface area contributed by atoms with Gasteiger partial charge < -0.3 is 4.90 Å². The number of rotatable bonds is 1. The van der Waals surface area contributed by atoms with Gasteiger partial charge in [-0.15, -0.1) is 0 Å². The number of nitrogens with zero attached hydrogens (tertiary/aromatic N) is 2. The van der Waals surface area contributed by atoms with Gasteiger partial charge in [-0.05, 0) is 30.2 Å². The molecule has 110 valence electrons. The van der Waals surface area contributed by atoms with Crippen LogP contribution in [-0.2, 0) is 12.7 Å². The van der Waals surface area contributed by atoms with Crippen LogP contribution in [-0.4, -0.2) is 28.1 Å². The summed E-state index contributed by atoms with van der Waals surface area (Å²) in [6.45, 7) is 1.70. The number of carbonyl (C=O) groups excluding carboxylic acids is 1. The lowest BCUT2D eigenvalue weighted by atomic mass is 9.95. The quantitative estimate of drug-likeness (QED) is 0.879. The third-order valence-corrected chi connectivity index (χ3v) is 3.67. The van der Waals surface area contributed by atoms with Gasteiger partial charge in [0.25, 0.3) is 5.91 Å². The summed E-state index contributed by atoms with van der Waals surface area (Å²) >= 11 is 0. The number of fused-ring (bicyclic) bond motifs is 1. The van der Waals surface area contributed by atoms with E-state index in [4.69, 9.17) is 0 Å². The van der Waals surface area contributed by atoms with E-state index in [0.29, 0.717) is 16.8 Å². The molecule has 3 rings (SSSR count). The van der Waals surface area contributed by atoms with Crippen molar-refractivity contribution in [2.24, 2.45) is 0 Å². The van der Waals surface area contributed by atoms with E-state index in [9.17, 15) is 18.0 Å². The number of halogens is 3. The van der Waals surface area contributed by atoms with Gasteiger partial charge in [0.1, 0.15) is 0 Å². The molecule has 1 aromatic carbocycles. The first-order valence-electron chi connectivity index (χ1n) is 6.29. The molecular formula is C14H12F3N3O. The lowest BCUT2D eigenvalue weighted by molar-refractivity contribution is -0.138. The van der Waals surface area contributed by atoms with Crippen molar-refractivity contribution in [1.82, 2.24) is 15.1 Å². The molecule has 0 spiro atoms. The molecule has 2 heterocycles. The smallest absolute Gasteiger partial charge is 0.337 e. The summed E-state index contributed by atoms with van der Waals surface area (Å²) in [5, 5.41) is 6.50. The number of hydrogen-bond donors (Lipinski definition) is 1. The zero-order valence-corrected chi connectivity index (χ0v) is 11.4. The molecule has 1 amide bonds. The summed E-state index contributed by atoms with van der Waals surface area (Å²) in [7, 11) is 1.49. The fraction of sp³-hybridized carbons (Fsp3) is 0.286. The number of amides is 1. The molecule has 0 saturated heterocycles. The Labute approximate surface area is 118 Å². The minimum absolute atomic E-state index is 0.0202. The molecule has 0 bridgehead atoms. The Morgan fingerprint density at radius 2 is 2.00 bits per heavy atom.